The Bertz CT molecular complexity index is 1450. The van der Waals surface area contributed by atoms with E-state index >= 15 is 0 Å². The van der Waals surface area contributed by atoms with Crippen LogP contribution in [0.25, 0.3) is 5.82 Å². The van der Waals surface area contributed by atoms with Gasteiger partial charge in [-0.05, 0) is 87.4 Å². The molecule has 0 spiro atoms. The number of rotatable bonds is 7. The standard InChI is InChI=1S/C30H32N6OS/c1-19-8-11-23(12-9-19)33-27(37)14-16-35-29(28(34-30(35)38)25-7-5-6-15-31-25)24-17-21(3)36(22(24)4)26-13-10-20(2)18-32-26/h5-13,15,17-18,28-29H,14,16H2,1-4H3,(H,33,37)(H,34,38)/t28-,29+/m0/s1. The lowest BCUT2D eigenvalue weighted by Crippen LogP contribution is -2.32. The van der Waals surface area contributed by atoms with Crippen molar-refractivity contribution < 1.29 is 4.79 Å². The number of aromatic nitrogens is 3. The average molecular weight is 525 g/mol. The van der Waals surface area contributed by atoms with Crippen LogP contribution >= 0.6 is 12.2 Å². The van der Waals surface area contributed by atoms with Gasteiger partial charge in [0.15, 0.2) is 5.11 Å². The average Bonchev–Trinajstić information content (AvgIpc) is 3.39. The Kier molecular flexibility index (Phi) is 7.24. The van der Waals surface area contributed by atoms with Gasteiger partial charge in [-0.25, -0.2) is 4.98 Å². The van der Waals surface area contributed by atoms with Crippen LogP contribution in [0.5, 0.6) is 0 Å². The summed E-state index contributed by atoms with van der Waals surface area (Å²) < 4.78 is 2.17. The van der Waals surface area contributed by atoms with Crippen LogP contribution in [-0.2, 0) is 4.79 Å². The summed E-state index contributed by atoms with van der Waals surface area (Å²) in [5.74, 6) is 0.829. The van der Waals surface area contributed by atoms with Crippen LogP contribution in [0.4, 0.5) is 5.69 Å². The van der Waals surface area contributed by atoms with E-state index in [-0.39, 0.29) is 18.0 Å². The quantitative estimate of drug-likeness (QED) is 0.311. The van der Waals surface area contributed by atoms with E-state index < -0.39 is 0 Å². The van der Waals surface area contributed by atoms with Crippen molar-refractivity contribution in [3.05, 3.63) is 107 Å². The highest BCUT2D eigenvalue weighted by Gasteiger charge is 2.41. The number of carbonyl (C=O) groups excluding carboxylic acids is 1. The summed E-state index contributed by atoms with van der Waals surface area (Å²) >= 11 is 5.82. The summed E-state index contributed by atoms with van der Waals surface area (Å²) in [6.45, 7) is 8.74. The van der Waals surface area contributed by atoms with E-state index in [0.29, 0.717) is 18.1 Å². The van der Waals surface area contributed by atoms with E-state index in [4.69, 9.17) is 12.2 Å². The molecule has 194 valence electrons. The van der Waals surface area contributed by atoms with Gasteiger partial charge >= 0.3 is 0 Å². The molecule has 1 aromatic carbocycles. The Morgan fingerprint density at radius 3 is 2.45 bits per heavy atom. The lowest BCUT2D eigenvalue weighted by atomic mass is 9.96. The summed E-state index contributed by atoms with van der Waals surface area (Å²) in [6, 6.07) is 19.8. The Morgan fingerprint density at radius 1 is 1.00 bits per heavy atom. The molecule has 1 amide bonds. The van der Waals surface area contributed by atoms with Crippen LogP contribution in [0, 0.1) is 27.7 Å². The highest BCUT2D eigenvalue weighted by Crippen LogP contribution is 2.41. The maximum Gasteiger partial charge on any atom is 0.226 e. The van der Waals surface area contributed by atoms with Crippen molar-refractivity contribution >= 4 is 28.9 Å². The van der Waals surface area contributed by atoms with E-state index in [1.165, 1.54) is 0 Å². The maximum atomic E-state index is 12.9. The number of pyridine rings is 2. The molecule has 1 aliphatic rings. The van der Waals surface area contributed by atoms with Gasteiger partial charge in [-0.15, -0.1) is 0 Å². The highest BCUT2D eigenvalue weighted by molar-refractivity contribution is 7.80. The minimum absolute atomic E-state index is 0.0500. The second-order valence-electron chi connectivity index (χ2n) is 9.84. The molecule has 3 aromatic heterocycles. The number of aryl methyl sites for hydroxylation is 3. The normalized spacial score (nSPS) is 16.9. The van der Waals surface area contributed by atoms with E-state index in [1.807, 2.05) is 68.6 Å². The van der Waals surface area contributed by atoms with Gasteiger partial charge < -0.3 is 20.1 Å². The van der Waals surface area contributed by atoms with E-state index in [1.54, 1.807) is 6.20 Å². The summed E-state index contributed by atoms with van der Waals surface area (Å²) in [5.41, 5.74) is 7.27. The fraction of sp³-hybridized carbons (Fsp3) is 0.267. The van der Waals surface area contributed by atoms with Crippen molar-refractivity contribution in [1.82, 2.24) is 24.8 Å². The Hall–Kier alpha value is -4.04. The van der Waals surface area contributed by atoms with Crippen LogP contribution in [0.1, 0.15) is 52.3 Å². The largest absolute Gasteiger partial charge is 0.352 e. The number of hydrogen-bond acceptors (Lipinski definition) is 4. The molecule has 4 heterocycles. The molecular formula is C30H32N6OS. The van der Waals surface area contributed by atoms with E-state index in [9.17, 15) is 4.79 Å². The number of benzene rings is 1. The second kappa shape index (κ2) is 10.8. The number of amides is 1. The topological polar surface area (TPSA) is 75.1 Å². The lowest BCUT2D eigenvalue weighted by Gasteiger charge is -2.28. The molecule has 0 bridgehead atoms. The minimum atomic E-state index is -0.149. The highest BCUT2D eigenvalue weighted by atomic mass is 32.1. The molecule has 5 rings (SSSR count). The Balaban J connectivity index is 1.46. The molecule has 2 N–H and O–H groups in total. The number of carbonyl (C=O) groups is 1. The summed E-state index contributed by atoms with van der Waals surface area (Å²) in [6.07, 6.45) is 3.99. The van der Waals surface area contributed by atoms with Gasteiger partial charge in [-0.1, -0.05) is 29.8 Å². The number of thiocarbonyl (C=S) groups is 1. The first-order valence-electron chi connectivity index (χ1n) is 12.8. The summed E-state index contributed by atoms with van der Waals surface area (Å²) in [4.78, 5) is 24.3. The molecule has 8 heteroatoms. The van der Waals surface area contributed by atoms with Gasteiger partial charge in [0, 0.05) is 42.4 Å². The summed E-state index contributed by atoms with van der Waals surface area (Å²) in [5, 5.41) is 7.11. The van der Waals surface area contributed by atoms with Gasteiger partial charge in [0.25, 0.3) is 0 Å². The van der Waals surface area contributed by atoms with Crippen molar-refractivity contribution in [1.29, 1.82) is 0 Å². The lowest BCUT2D eigenvalue weighted by molar-refractivity contribution is -0.116. The molecule has 1 aliphatic heterocycles. The molecule has 2 atom stereocenters. The molecule has 0 radical (unpaired) electrons. The zero-order valence-corrected chi connectivity index (χ0v) is 22.9. The summed E-state index contributed by atoms with van der Waals surface area (Å²) in [7, 11) is 0. The Labute approximate surface area is 228 Å². The first kappa shape index (κ1) is 25.6. The molecule has 0 aliphatic carbocycles. The first-order chi connectivity index (χ1) is 18.3. The van der Waals surface area contributed by atoms with Crippen molar-refractivity contribution in [3.8, 4) is 5.82 Å². The fourth-order valence-electron chi connectivity index (χ4n) is 5.10. The molecular weight excluding hydrogens is 492 g/mol. The van der Waals surface area contributed by atoms with E-state index in [2.05, 4.69) is 56.0 Å². The molecule has 4 aromatic rings. The number of anilines is 1. The molecule has 1 saturated heterocycles. The molecule has 0 unspecified atom stereocenters. The van der Waals surface area contributed by atoms with E-state index in [0.717, 1.165) is 45.3 Å². The SMILES string of the molecule is Cc1ccc(NC(=O)CCN2C(=S)N[C@@H](c3ccccn3)[C@H]2c2cc(C)n(-c3ccc(C)cn3)c2C)cc1. The molecule has 0 saturated carbocycles. The van der Waals surface area contributed by atoms with Gasteiger partial charge in [-0.2, -0.15) is 0 Å². The van der Waals surface area contributed by atoms with Crippen LogP contribution in [0.2, 0.25) is 0 Å². The van der Waals surface area contributed by atoms with Crippen molar-refractivity contribution in [2.45, 2.75) is 46.2 Å². The fourth-order valence-corrected chi connectivity index (χ4v) is 5.43. The number of nitrogens with one attached hydrogen (secondary N) is 2. The zero-order valence-electron chi connectivity index (χ0n) is 22.1. The van der Waals surface area contributed by atoms with Crippen molar-refractivity contribution in [2.24, 2.45) is 0 Å². The minimum Gasteiger partial charge on any atom is -0.352 e. The van der Waals surface area contributed by atoms with Crippen molar-refractivity contribution in [3.63, 3.8) is 0 Å². The van der Waals surface area contributed by atoms with Gasteiger partial charge in [0.2, 0.25) is 5.91 Å². The molecule has 1 fully saturated rings. The van der Waals surface area contributed by atoms with Crippen molar-refractivity contribution in [2.75, 3.05) is 11.9 Å². The zero-order chi connectivity index (χ0) is 26.8. The predicted molar refractivity (Wildman–Crippen MR) is 154 cm³/mol. The van der Waals surface area contributed by atoms with Crippen LogP contribution in [0.15, 0.2) is 73.1 Å². The maximum absolute atomic E-state index is 12.9. The van der Waals surface area contributed by atoms with Gasteiger partial charge in [0.05, 0.1) is 17.8 Å². The predicted octanol–water partition coefficient (Wildman–Crippen LogP) is 5.50. The molecule has 7 nitrogen and oxygen atoms in total. The van der Waals surface area contributed by atoms with Gasteiger partial charge in [-0.3, -0.25) is 9.78 Å². The smallest absolute Gasteiger partial charge is 0.226 e. The third-order valence-electron chi connectivity index (χ3n) is 7.03. The third kappa shape index (κ3) is 5.17. The second-order valence-corrected chi connectivity index (χ2v) is 10.2. The third-order valence-corrected chi connectivity index (χ3v) is 7.38. The van der Waals surface area contributed by atoms with Crippen LogP contribution < -0.4 is 10.6 Å². The molecule has 38 heavy (non-hydrogen) atoms. The monoisotopic (exact) mass is 524 g/mol. The van der Waals surface area contributed by atoms with Gasteiger partial charge in [0.1, 0.15) is 5.82 Å². The first-order valence-corrected chi connectivity index (χ1v) is 13.2. The number of nitrogens with zero attached hydrogens (tertiary/aromatic N) is 4. The number of hydrogen-bond donors (Lipinski definition) is 2. The van der Waals surface area contributed by atoms with Crippen LogP contribution in [0.3, 0.4) is 0 Å². The Morgan fingerprint density at radius 2 is 1.76 bits per heavy atom. The van der Waals surface area contributed by atoms with Crippen LogP contribution in [-0.4, -0.2) is 37.0 Å².